The predicted molar refractivity (Wildman–Crippen MR) is 49.1 cm³/mol. The van der Waals surface area contributed by atoms with Crippen LogP contribution >= 0.6 is 0 Å². The van der Waals surface area contributed by atoms with Crippen LogP contribution in [0.4, 0.5) is 0 Å². The molecule has 14 heavy (non-hydrogen) atoms. The number of carbonyl (C=O) groups is 1. The van der Waals surface area contributed by atoms with Crippen molar-refractivity contribution in [3.05, 3.63) is 29.6 Å². The lowest BCUT2D eigenvalue weighted by atomic mass is 10.1. The van der Waals surface area contributed by atoms with E-state index in [1.165, 1.54) is 7.11 Å². The Hall–Kier alpha value is -1.91. The largest absolute Gasteiger partial charge is 0.465 e. The summed E-state index contributed by atoms with van der Waals surface area (Å²) in [4.78, 5) is 11.3. The smallest absolute Gasteiger partial charge is 0.339 e. The molecule has 0 radical (unpaired) electrons. The second kappa shape index (κ2) is 3.10. The molecule has 0 aromatic carbocycles. The van der Waals surface area contributed by atoms with Gasteiger partial charge < -0.3 is 4.74 Å². The van der Waals surface area contributed by atoms with Gasteiger partial charge in [-0.25, -0.2) is 9.31 Å². The lowest BCUT2D eigenvalue weighted by Crippen LogP contribution is -2.06. The molecule has 0 unspecified atom stereocenters. The van der Waals surface area contributed by atoms with E-state index < -0.39 is 0 Å². The number of aryl methyl sites for hydroxylation is 1. The number of nitrogens with zero attached hydrogens (tertiary/aromatic N) is 3. The molecule has 2 rings (SSSR count). The third-order valence-electron chi connectivity index (χ3n) is 2.05. The standard InChI is InChI=1S/C9H9N3O2/c1-6-3-7-4-10-11-12(7)5-8(6)9(13)14-2/h3-5H,1-2H3. The van der Waals surface area contributed by atoms with Gasteiger partial charge in [0.2, 0.25) is 0 Å². The number of pyridine rings is 1. The second-order valence-electron chi connectivity index (χ2n) is 2.97. The fourth-order valence-electron chi connectivity index (χ4n) is 1.30. The average Bonchev–Trinajstić information content (AvgIpc) is 2.62. The fourth-order valence-corrected chi connectivity index (χ4v) is 1.30. The van der Waals surface area contributed by atoms with E-state index in [1.54, 1.807) is 16.9 Å². The van der Waals surface area contributed by atoms with Crippen molar-refractivity contribution in [2.75, 3.05) is 7.11 Å². The minimum atomic E-state index is -0.361. The molecule has 0 bridgehead atoms. The molecule has 72 valence electrons. The molecule has 2 heterocycles. The van der Waals surface area contributed by atoms with Crippen LogP contribution in [0.5, 0.6) is 0 Å². The highest BCUT2D eigenvalue weighted by atomic mass is 16.5. The van der Waals surface area contributed by atoms with Gasteiger partial charge in [0.15, 0.2) is 0 Å². The summed E-state index contributed by atoms with van der Waals surface area (Å²) in [6, 6.07) is 1.84. The lowest BCUT2D eigenvalue weighted by Gasteiger charge is -2.03. The molecule has 0 atom stereocenters. The summed E-state index contributed by atoms with van der Waals surface area (Å²) < 4.78 is 6.18. The third kappa shape index (κ3) is 1.22. The minimum Gasteiger partial charge on any atom is -0.465 e. The number of methoxy groups -OCH3 is 1. The van der Waals surface area contributed by atoms with Crippen LogP contribution < -0.4 is 0 Å². The first-order valence-corrected chi connectivity index (χ1v) is 4.11. The topological polar surface area (TPSA) is 56.5 Å². The molecular weight excluding hydrogens is 182 g/mol. The van der Waals surface area contributed by atoms with Crippen molar-refractivity contribution >= 4 is 11.5 Å². The van der Waals surface area contributed by atoms with E-state index in [4.69, 9.17) is 0 Å². The van der Waals surface area contributed by atoms with Gasteiger partial charge in [0.1, 0.15) is 0 Å². The molecule has 0 saturated carbocycles. The van der Waals surface area contributed by atoms with Crippen molar-refractivity contribution in [2.24, 2.45) is 0 Å². The van der Waals surface area contributed by atoms with Crippen LogP contribution in [0.2, 0.25) is 0 Å². The number of ether oxygens (including phenoxy) is 1. The Kier molecular flexibility index (Phi) is 1.92. The van der Waals surface area contributed by atoms with Crippen LogP contribution in [0.1, 0.15) is 15.9 Å². The molecule has 0 fully saturated rings. The number of hydrogen-bond acceptors (Lipinski definition) is 4. The Bertz CT molecular complexity index is 490. The van der Waals surface area contributed by atoms with Crippen LogP contribution in [0, 0.1) is 6.92 Å². The minimum absolute atomic E-state index is 0.361. The summed E-state index contributed by atoms with van der Waals surface area (Å²) >= 11 is 0. The van der Waals surface area contributed by atoms with Gasteiger partial charge in [0.25, 0.3) is 0 Å². The Morgan fingerprint density at radius 2 is 2.36 bits per heavy atom. The molecule has 0 N–H and O–H groups in total. The Balaban J connectivity index is 2.64. The van der Waals surface area contributed by atoms with Crippen LogP contribution in [0.3, 0.4) is 0 Å². The molecule has 0 aliphatic rings. The maximum Gasteiger partial charge on any atom is 0.339 e. The summed E-state index contributed by atoms with van der Waals surface area (Å²) in [7, 11) is 1.35. The van der Waals surface area contributed by atoms with E-state index in [0.717, 1.165) is 11.1 Å². The Labute approximate surface area is 80.3 Å². The van der Waals surface area contributed by atoms with Gasteiger partial charge in [-0.05, 0) is 18.6 Å². The highest BCUT2D eigenvalue weighted by Crippen LogP contribution is 2.11. The zero-order valence-corrected chi connectivity index (χ0v) is 7.89. The molecule has 0 amide bonds. The van der Waals surface area contributed by atoms with Gasteiger partial charge >= 0.3 is 5.97 Å². The molecule has 2 aromatic heterocycles. The van der Waals surface area contributed by atoms with Crippen LogP contribution in [0.25, 0.3) is 5.52 Å². The number of aromatic nitrogens is 3. The second-order valence-corrected chi connectivity index (χ2v) is 2.97. The zero-order valence-electron chi connectivity index (χ0n) is 7.89. The zero-order chi connectivity index (χ0) is 10.1. The molecule has 0 spiro atoms. The lowest BCUT2D eigenvalue weighted by molar-refractivity contribution is 0.0599. The highest BCUT2D eigenvalue weighted by molar-refractivity contribution is 5.91. The van der Waals surface area contributed by atoms with Gasteiger partial charge in [-0.2, -0.15) is 0 Å². The highest BCUT2D eigenvalue weighted by Gasteiger charge is 2.10. The molecule has 0 aliphatic carbocycles. The molecule has 5 heteroatoms. The van der Waals surface area contributed by atoms with Gasteiger partial charge in [-0.3, -0.25) is 0 Å². The van der Waals surface area contributed by atoms with Crippen molar-refractivity contribution in [2.45, 2.75) is 6.92 Å². The van der Waals surface area contributed by atoms with Crippen molar-refractivity contribution in [3.8, 4) is 0 Å². The van der Waals surface area contributed by atoms with Crippen molar-refractivity contribution in [3.63, 3.8) is 0 Å². The average molecular weight is 191 g/mol. The summed E-state index contributed by atoms with van der Waals surface area (Å²) in [5, 5.41) is 7.53. The normalized spacial score (nSPS) is 10.4. The monoisotopic (exact) mass is 191 g/mol. The first-order valence-electron chi connectivity index (χ1n) is 4.11. The van der Waals surface area contributed by atoms with Crippen molar-refractivity contribution < 1.29 is 9.53 Å². The molecule has 0 aliphatic heterocycles. The van der Waals surface area contributed by atoms with Gasteiger partial charge in [-0.15, -0.1) is 5.10 Å². The summed E-state index contributed by atoms with van der Waals surface area (Å²) in [6.45, 7) is 1.85. The Morgan fingerprint density at radius 1 is 1.57 bits per heavy atom. The van der Waals surface area contributed by atoms with Crippen molar-refractivity contribution in [1.82, 2.24) is 14.8 Å². The summed E-state index contributed by atoms with van der Waals surface area (Å²) in [5.74, 6) is -0.361. The van der Waals surface area contributed by atoms with E-state index in [0.29, 0.717) is 5.56 Å². The number of fused-ring (bicyclic) bond motifs is 1. The number of esters is 1. The van der Waals surface area contributed by atoms with Gasteiger partial charge in [0.05, 0.1) is 24.4 Å². The maximum absolute atomic E-state index is 11.3. The van der Waals surface area contributed by atoms with Crippen molar-refractivity contribution in [1.29, 1.82) is 0 Å². The molecule has 0 saturated heterocycles. The van der Waals surface area contributed by atoms with Gasteiger partial charge in [0, 0.05) is 6.20 Å². The van der Waals surface area contributed by atoms with E-state index in [1.807, 2.05) is 13.0 Å². The number of carbonyl (C=O) groups excluding carboxylic acids is 1. The predicted octanol–water partition coefficient (Wildman–Crippen LogP) is 0.824. The SMILES string of the molecule is COC(=O)c1cn2nncc2cc1C. The van der Waals surface area contributed by atoms with Crippen LogP contribution in [0.15, 0.2) is 18.5 Å². The Morgan fingerprint density at radius 3 is 3.07 bits per heavy atom. The van der Waals surface area contributed by atoms with E-state index in [2.05, 4.69) is 15.0 Å². The number of rotatable bonds is 1. The quantitative estimate of drug-likeness (QED) is 0.626. The van der Waals surface area contributed by atoms with E-state index >= 15 is 0 Å². The summed E-state index contributed by atoms with van der Waals surface area (Å²) in [5.41, 5.74) is 2.22. The molecule has 2 aromatic rings. The van der Waals surface area contributed by atoms with Crippen LogP contribution in [-0.2, 0) is 4.74 Å². The van der Waals surface area contributed by atoms with E-state index in [-0.39, 0.29) is 5.97 Å². The van der Waals surface area contributed by atoms with Gasteiger partial charge in [-0.1, -0.05) is 5.21 Å². The molecular formula is C9H9N3O2. The summed E-state index contributed by atoms with van der Waals surface area (Å²) in [6.07, 6.45) is 3.25. The van der Waals surface area contributed by atoms with Crippen LogP contribution in [-0.4, -0.2) is 27.9 Å². The third-order valence-corrected chi connectivity index (χ3v) is 2.05. The van der Waals surface area contributed by atoms with E-state index in [9.17, 15) is 4.79 Å². The first-order chi connectivity index (χ1) is 6.72. The number of hydrogen-bond donors (Lipinski definition) is 0. The fraction of sp³-hybridized carbons (Fsp3) is 0.222. The maximum atomic E-state index is 11.3. The molecule has 5 nitrogen and oxygen atoms in total. The first kappa shape index (κ1) is 8.68.